The lowest BCUT2D eigenvalue weighted by molar-refractivity contribution is 0.722. The van der Waals surface area contributed by atoms with E-state index < -0.39 is 0 Å². The summed E-state index contributed by atoms with van der Waals surface area (Å²) in [7, 11) is 0. The molecule has 0 bridgehead atoms. The first-order valence-corrected chi connectivity index (χ1v) is 14.6. The molecule has 0 radical (unpaired) electrons. The van der Waals surface area contributed by atoms with Gasteiger partial charge < -0.3 is 4.90 Å². The van der Waals surface area contributed by atoms with Crippen LogP contribution in [0.4, 0.5) is 17.1 Å². The summed E-state index contributed by atoms with van der Waals surface area (Å²) in [6, 6.07) is 53.4. The highest BCUT2D eigenvalue weighted by atomic mass is 32.2. The molecular weight excluding hydrogens is 502 g/mol. The van der Waals surface area contributed by atoms with E-state index in [1.807, 2.05) is 11.8 Å². The average Bonchev–Trinajstić information content (AvgIpc) is 3.28. The molecule has 190 valence electrons. The van der Waals surface area contributed by atoms with Gasteiger partial charge in [0, 0.05) is 26.9 Å². The molecule has 2 heteroatoms. The van der Waals surface area contributed by atoms with E-state index in [1.54, 1.807) is 0 Å². The van der Waals surface area contributed by atoms with Crippen LogP contribution in [0.3, 0.4) is 0 Å². The lowest BCUT2D eigenvalue weighted by Crippen LogP contribution is -2.32. The zero-order valence-electron chi connectivity index (χ0n) is 22.2. The van der Waals surface area contributed by atoms with Crippen LogP contribution >= 0.6 is 11.8 Å². The van der Waals surface area contributed by atoms with Gasteiger partial charge in [-0.15, -0.1) is 0 Å². The fraction of sp³-hybridized carbons (Fsp3) is 0.0526. The van der Waals surface area contributed by atoms with E-state index in [0.717, 1.165) is 17.1 Å². The number of para-hydroxylation sites is 2. The van der Waals surface area contributed by atoms with Gasteiger partial charge in [0.05, 0.1) is 5.41 Å². The molecule has 1 aliphatic carbocycles. The van der Waals surface area contributed by atoms with Crippen LogP contribution in [0.15, 0.2) is 155 Å². The van der Waals surface area contributed by atoms with Gasteiger partial charge in [-0.05, 0) is 82.8 Å². The molecule has 6 aromatic carbocycles. The standard InChI is InChI=1S/C38H27NS/c1-26-20-22-33-31(24-26)30-16-8-9-17-32(30)38(33)34-18-10-11-19-36(34)40-37-25-29(21-23-35(37)38)39(27-12-4-2-5-13-27)28-14-6-3-7-15-28/h2-25H,1H3. The Hall–Kier alpha value is -4.53. The second-order valence-corrected chi connectivity index (χ2v) is 11.7. The van der Waals surface area contributed by atoms with Crippen LogP contribution in [0.5, 0.6) is 0 Å². The summed E-state index contributed by atoms with van der Waals surface area (Å²) >= 11 is 1.89. The maximum atomic E-state index is 2.40. The first-order valence-electron chi connectivity index (χ1n) is 13.8. The highest BCUT2D eigenvalue weighted by Crippen LogP contribution is 2.62. The highest BCUT2D eigenvalue weighted by molar-refractivity contribution is 7.99. The van der Waals surface area contributed by atoms with Crippen molar-refractivity contribution in [3.05, 3.63) is 173 Å². The third-order valence-electron chi connectivity index (χ3n) is 8.37. The Balaban J connectivity index is 1.41. The van der Waals surface area contributed by atoms with Crippen molar-refractivity contribution in [2.75, 3.05) is 4.90 Å². The Morgan fingerprint density at radius 1 is 0.450 bits per heavy atom. The number of fused-ring (bicyclic) bond motifs is 9. The van der Waals surface area contributed by atoms with E-state index in [0.29, 0.717) is 0 Å². The lowest BCUT2D eigenvalue weighted by Gasteiger charge is -2.40. The summed E-state index contributed by atoms with van der Waals surface area (Å²) in [4.78, 5) is 4.98. The number of hydrogen-bond donors (Lipinski definition) is 0. The van der Waals surface area contributed by atoms with E-state index in [4.69, 9.17) is 0 Å². The smallest absolute Gasteiger partial charge is 0.0735 e. The number of rotatable bonds is 3. The number of benzene rings is 6. The van der Waals surface area contributed by atoms with Crippen LogP contribution in [0.25, 0.3) is 11.1 Å². The molecule has 0 amide bonds. The summed E-state index contributed by atoms with van der Waals surface area (Å²) < 4.78 is 0. The Morgan fingerprint density at radius 3 is 1.77 bits per heavy atom. The molecule has 8 rings (SSSR count). The Bertz CT molecular complexity index is 1850. The molecule has 1 spiro atoms. The predicted molar refractivity (Wildman–Crippen MR) is 167 cm³/mol. The molecule has 0 N–H and O–H groups in total. The minimum absolute atomic E-state index is 0.348. The van der Waals surface area contributed by atoms with Crippen LogP contribution in [-0.2, 0) is 5.41 Å². The van der Waals surface area contributed by atoms with Crippen molar-refractivity contribution in [2.24, 2.45) is 0 Å². The predicted octanol–water partition coefficient (Wildman–Crippen LogP) is 10.3. The Morgan fingerprint density at radius 2 is 1.02 bits per heavy atom. The number of anilines is 3. The monoisotopic (exact) mass is 529 g/mol. The zero-order chi connectivity index (χ0) is 26.7. The quantitative estimate of drug-likeness (QED) is 0.224. The molecule has 0 saturated carbocycles. The zero-order valence-corrected chi connectivity index (χ0v) is 23.0. The minimum atomic E-state index is -0.348. The van der Waals surface area contributed by atoms with Crippen molar-refractivity contribution in [1.29, 1.82) is 0 Å². The maximum Gasteiger partial charge on any atom is 0.0735 e. The van der Waals surface area contributed by atoms with Gasteiger partial charge in [0.2, 0.25) is 0 Å². The fourth-order valence-corrected chi connectivity index (χ4v) is 7.98. The van der Waals surface area contributed by atoms with E-state index in [9.17, 15) is 0 Å². The largest absolute Gasteiger partial charge is 0.310 e. The average molecular weight is 530 g/mol. The van der Waals surface area contributed by atoms with Gasteiger partial charge in [-0.3, -0.25) is 0 Å². The van der Waals surface area contributed by atoms with Gasteiger partial charge in [0.25, 0.3) is 0 Å². The van der Waals surface area contributed by atoms with E-state index in [-0.39, 0.29) is 5.41 Å². The number of aryl methyl sites for hydroxylation is 1. The van der Waals surface area contributed by atoms with E-state index >= 15 is 0 Å². The molecule has 2 aliphatic rings. The van der Waals surface area contributed by atoms with Crippen LogP contribution in [-0.4, -0.2) is 0 Å². The van der Waals surface area contributed by atoms with Gasteiger partial charge in [-0.1, -0.05) is 120 Å². The number of nitrogens with zero attached hydrogens (tertiary/aromatic N) is 1. The maximum absolute atomic E-state index is 2.40. The third-order valence-corrected chi connectivity index (χ3v) is 9.50. The first kappa shape index (κ1) is 23.4. The molecule has 0 aromatic heterocycles. The molecule has 1 nitrogen and oxygen atoms in total. The van der Waals surface area contributed by atoms with Gasteiger partial charge in [0.15, 0.2) is 0 Å². The van der Waals surface area contributed by atoms with Gasteiger partial charge >= 0.3 is 0 Å². The van der Waals surface area contributed by atoms with Crippen LogP contribution in [0.1, 0.15) is 27.8 Å². The number of hydrogen-bond acceptors (Lipinski definition) is 2. The van der Waals surface area contributed by atoms with E-state index in [1.165, 1.54) is 48.7 Å². The summed E-state index contributed by atoms with van der Waals surface area (Å²) in [6.07, 6.45) is 0. The molecule has 1 unspecified atom stereocenters. The first-order chi connectivity index (χ1) is 19.7. The highest BCUT2D eigenvalue weighted by Gasteiger charge is 2.50. The molecule has 6 aromatic rings. The summed E-state index contributed by atoms with van der Waals surface area (Å²) in [6.45, 7) is 2.19. The topological polar surface area (TPSA) is 3.24 Å². The van der Waals surface area contributed by atoms with Crippen LogP contribution < -0.4 is 4.90 Å². The van der Waals surface area contributed by atoms with Crippen molar-refractivity contribution in [2.45, 2.75) is 22.1 Å². The van der Waals surface area contributed by atoms with Gasteiger partial charge in [-0.2, -0.15) is 0 Å². The van der Waals surface area contributed by atoms with Crippen molar-refractivity contribution in [1.82, 2.24) is 0 Å². The summed E-state index contributed by atoms with van der Waals surface area (Å²) in [5, 5.41) is 0. The van der Waals surface area contributed by atoms with Crippen molar-refractivity contribution in [3.8, 4) is 11.1 Å². The third kappa shape index (κ3) is 3.30. The molecule has 0 saturated heterocycles. The Kier molecular flexibility index (Phi) is 5.26. The normalized spacial score (nSPS) is 16.1. The van der Waals surface area contributed by atoms with E-state index in [2.05, 4.69) is 157 Å². The molecule has 0 fully saturated rings. The van der Waals surface area contributed by atoms with Crippen molar-refractivity contribution < 1.29 is 0 Å². The van der Waals surface area contributed by atoms with Crippen LogP contribution in [0.2, 0.25) is 0 Å². The fourth-order valence-electron chi connectivity index (χ4n) is 6.75. The SMILES string of the molecule is Cc1ccc2c(c1)-c1ccccc1C21c2ccccc2Sc2cc(N(c3ccccc3)c3ccccc3)ccc21. The van der Waals surface area contributed by atoms with Crippen molar-refractivity contribution in [3.63, 3.8) is 0 Å². The molecule has 1 atom stereocenters. The summed E-state index contributed by atoms with van der Waals surface area (Å²) in [5.74, 6) is 0. The molecule has 1 aliphatic heterocycles. The Labute approximate surface area is 239 Å². The van der Waals surface area contributed by atoms with Crippen molar-refractivity contribution >= 4 is 28.8 Å². The molecule has 1 heterocycles. The second-order valence-electron chi connectivity index (χ2n) is 10.6. The molecule has 40 heavy (non-hydrogen) atoms. The second kappa shape index (κ2) is 9.01. The molecular formula is C38H27NS. The van der Waals surface area contributed by atoms with Gasteiger partial charge in [0.1, 0.15) is 0 Å². The minimum Gasteiger partial charge on any atom is -0.310 e. The summed E-state index contributed by atoms with van der Waals surface area (Å²) in [5.41, 5.74) is 12.6. The lowest BCUT2D eigenvalue weighted by atomic mass is 9.67. The van der Waals surface area contributed by atoms with Crippen LogP contribution in [0, 0.1) is 6.92 Å². The van der Waals surface area contributed by atoms with Gasteiger partial charge in [-0.25, -0.2) is 0 Å².